The molecule has 1 N–H and O–H groups in total. The molecule has 2 aromatic rings. The second-order valence-corrected chi connectivity index (χ2v) is 19.0. The van der Waals surface area contributed by atoms with E-state index in [-0.39, 0.29) is 50.6 Å². The minimum Gasteiger partial charge on any atom is -0.457 e. The number of aliphatic hydroxyl groups is 1. The predicted octanol–water partition coefficient (Wildman–Crippen LogP) is 10.4. The Morgan fingerprint density at radius 2 is 1.09 bits per heavy atom. The van der Waals surface area contributed by atoms with Crippen molar-refractivity contribution < 1.29 is 48.1 Å². The zero-order chi connectivity index (χ0) is 49.6. The van der Waals surface area contributed by atoms with Crippen LogP contribution in [-0.2, 0) is 33.4 Å². The van der Waals surface area contributed by atoms with Gasteiger partial charge in [0.05, 0.1) is 35.3 Å². The topological polar surface area (TPSA) is 157 Å². The van der Waals surface area contributed by atoms with Gasteiger partial charge in [-0.1, -0.05) is 47.9 Å². The Labute approximate surface area is 408 Å². The largest absolute Gasteiger partial charge is 0.457 e. The molecule has 0 saturated carbocycles. The van der Waals surface area contributed by atoms with Crippen LogP contribution in [0, 0.1) is 10.8 Å². The summed E-state index contributed by atoms with van der Waals surface area (Å²) in [5.74, 6) is -1.51. The molecule has 2 unspecified atom stereocenters. The van der Waals surface area contributed by atoms with Crippen molar-refractivity contribution in [3.8, 4) is 0 Å². The second kappa shape index (κ2) is 25.5. The van der Waals surface area contributed by atoms with Gasteiger partial charge in [0.25, 0.3) is 5.24 Å². The molecular formula is C55H71ClN2O10. The summed E-state index contributed by atoms with van der Waals surface area (Å²) in [5, 5.41) is 9.44. The van der Waals surface area contributed by atoms with Crippen molar-refractivity contribution in [3.05, 3.63) is 131 Å². The van der Waals surface area contributed by atoms with Crippen molar-refractivity contribution in [2.45, 2.75) is 125 Å². The van der Waals surface area contributed by atoms with Gasteiger partial charge in [-0.3, -0.25) is 24.0 Å². The van der Waals surface area contributed by atoms with E-state index in [4.69, 9.17) is 25.8 Å². The molecule has 2 spiro atoms. The Balaban J connectivity index is 0.000000300. The quantitative estimate of drug-likeness (QED) is 0.0879. The number of benzene rings is 2. The Kier molecular flexibility index (Phi) is 21.2. The van der Waals surface area contributed by atoms with Crippen molar-refractivity contribution >= 4 is 57.7 Å². The highest BCUT2D eigenvalue weighted by molar-refractivity contribution is 6.67. The van der Waals surface area contributed by atoms with Crippen LogP contribution in [0.2, 0.25) is 0 Å². The highest BCUT2D eigenvalue weighted by Gasteiger charge is 2.56. The first kappa shape index (κ1) is 56.5. The maximum atomic E-state index is 13.0. The summed E-state index contributed by atoms with van der Waals surface area (Å²) >= 11 is 5.28. The molecular weight excluding hydrogens is 884 g/mol. The second-order valence-electron chi connectivity index (χ2n) is 18.7. The number of esters is 3. The lowest BCUT2D eigenvalue weighted by molar-refractivity contribution is -0.141. The van der Waals surface area contributed by atoms with E-state index in [2.05, 4.69) is 39.8 Å². The van der Waals surface area contributed by atoms with Gasteiger partial charge in [-0.05, 0) is 164 Å². The lowest BCUT2D eigenvalue weighted by Crippen LogP contribution is -2.43. The highest BCUT2D eigenvalue weighted by atomic mass is 35.5. The number of halogens is 1. The number of hydrogen-bond acceptors (Lipinski definition) is 12. The molecule has 6 rings (SSSR count). The summed E-state index contributed by atoms with van der Waals surface area (Å²) in [7, 11) is 7.74. The van der Waals surface area contributed by atoms with Crippen molar-refractivity contribution in [3.63, 3.8) is 0 Å². The molecule has 0 aromatic heterocycles. The first-order valence-corrected chi connectivity index (χ1v) is 23.0. The van der Waals surface area contributed by atoms with E-state index < -0.39 is 52.4 Å². The molecule has 2 aliphatic heterocycles. The summed E-state index contributed by atoms with van der Waals surface area (Å²) in [5.41, 5.74) is 5.70. The van der Waals surface area contributed by atoms with Crippen LogP contribution in [0.25, 0.3) is 0 Å². The Hall–Kier alpha value is -5.85. The number of anilines is 2. The number of rotatable bonds is 13. The number of aliphatic hydroxyl groups excluding tert-OH is 1. The van der Waals surface area contributed by atoms with Gasteiger partial charge in [-0.2, -0.15) is 0 Å². The van der Waals surface area contributed by atoms with Crippen LogP contribution in [0.1, 0.15) is 121 Å². The molecule has 2 heterocycles. The number of cyclic esters (lactones) is 2. The first-order valence-electron chi connectivity index (χ1n) is 22.6. The van der Waals surface area contributed by atoms with Crippen LogP contribution in [0.5, 0.6) is 0 Å². The Morgan fingerprint density at radius 1 is 0.676 bits per heavy atom. The molecule has 68 heavy (non-hydrogen) atoms. The van der Waals surface area contributed by atoms with Crippen LogP contribution < -0.4 is 9.80 Å². The molecule has 0 radical (unpaired) electrons. The van der Waals surface area contributed by atoms with Crippen molar-refractivity contribution in [2.24, 2.45) is 10.8 Å². The Bertz CT molecular complexity index is 2310. The molecule has 2 aliphatic carbocycles. The molecule has 4 aliphatic rings. The van der Waals surface area contributed by atoms with Crippen molar-refractivity contribution in [1.82, 2.24) is 0 Å². The summed E-state index contributed by atoms with van der Waals surface area (Å²) in [6.07, 6.45) is 15.5. The van der Waals surface area contributed by atoms with E-state index in [1.165, 1.54) is 29.4 Å². The zero-order valence-corrected chi connectivity index (χ0v) is 41.4. The number of ether oxygens (including phenoxy) is 3. The van der Waals surface area contributed by atoms with Gasteiger partial charge in [0.1, 0.15) is 18.3 Å². The molecule has 2 saturated heterocycles. The molecule has 13 heteroatoms. The fourth-order valence-electron chi connectivity index (χ4n) is 8.25. The SMILES string of the molecule is C.CC(C)=CCC/C(C)=C/[C@H]1OC(=O)CC12C[C@H](O)C=CC2=O.CC(C)=CCC/C(C)=C/[C@H]1OC(=O)CC12C[C@H](OC(=O)c1ccc(N(C)C)cc1)C=CC2=O.CN(C)c1ccc(C(=O)Cl)cc1. The number of ketones is 2. The van der Waals surface area contributed by atoms with Crippen LogP contribution >= 0.6 is 11.6 Å². The smallest absolute Gasteiger partial charge is 0.338 e. The lowest BCUT2D eigenvalue weighted by atomic mass is 9.69. The van der Waals surface area contributed by atoms with E-state index in [0.29, 0.717) is 11.1 Å². The average Bonchev–Trinajstić information content (AvgIpc) is 3.73. The van der Waals surface area contributed by atoms with Crippen LogP contribution in [-0.4, -0.2) is 92.4 Å². The van der Waals surface area contributed by atoms with Gasteiger partial charge in [-0.25, -0.2) is 4.79 Å². The Morgan fingerprint density at radius 3 is 1.50 bits per heavy atom. The molecule has 6 atom stereocenters. The predicted molar refractivity (Wildman–Crippen MR) is 270 cm³/mol. The van der Waals surface area contributed by atoms with Gasteiger partial charge < -0.3 is 29.1 Å². The normalized spacial score (nSPS) is 23.8. The number of carbonyl (C=O) groups excluding carboxylic acids is 6. The summed E-state index contributed by atoms with van der Waals surface area (Å²) in [6.45, 7) is 12.2. The third-order valence-electron chi connectivity index (χ3n) is 12.1. The average molecular weight is 956 g/mol. The van der Waals surface area contributed by atoms with Gasteiger partial charge >= 0.3 is 17.9 Å². The highest BCUT2D eigenvalue weighted by Crippen LogP contribution is 2.46. The minimum atomic E-state index is -1.04. The third kappa shape index (κ3) is 15.6. The number of allylic oxidation sites excluding steroid dienone is 8. The van der Waals surface area contributed by atoms with Crippen LogP contribution in [0.3, 0.4) is 0 Å². The van der Waals surface area contributed by atoms with Crippen molar-refractivity contribution in [1.29, 1.82) is 0 Å². The van der Waals surface area contributed by atoms with E-state index in [1.54, 1.807) is 30.3 Å². The van der Waals surface area contributed by atoms with E-state index in [1.807, 2.05) is 88.3 Å². The van der Waals surface area contributed by atoms with Gasteiger partial charge in [0.15, 0.2) is 11.6 Å². The van der Waals surface area contributed by atoms with Gasteiger partial charge in [0.2, 0.25) is 0 Å². The summed E-state index contributed by atoms with van der Waals surface area (Å²) in [6, 6.07) is 14.3. The molecule has 2 fully saturated rings. The maximum absolute atomic E-state index is 13.0. The molecule has 2 aromatic carbocycles. The molecule has 12 nitrogen and oxygen atoms in total. The van der Waals surface area contributed by atoms with E-state index in [9.17, 15) is 33.9 Å². The minimum absolute atomic E-state index is 0. The first-order chi connectivity index (χ1) is 31.5. The standard InChI is InChI=1S/C27H33NO5.C18H24O4.C9H10ClNO.CH4/c1-18(2)7-6-8-19(3)15-24-27(17-25(30)33-24)16-22(13-14-23(27)29)32-26(31)20-9-11-21(12-10-20)28(4)5;1-12(2)5-4-6-13(3)9-16-18(11-17(21)22-16)10-14(19)7-8-15(18)20;1-11(2)8-5-3-7(4-6-8)9(10)12;/h7,9-15,22,24H,6,8,16-17H2,1-5H3;5,7-9,14,16,19H,4,6,10-11H2,1-3H3;3-6H,1-2H3;1H4/b19-15+;13-9+;;/t22-,24-,27?;14-,16-,18?;;/m11../s1. The van der Waals surface area contributed by atoms with Crippen LogP contribution in [0.15, 0.2) is 119 Å². The zero-order valence-electron chi connectivity index (χ0n) is 40.6. The lowest BCUT2D eigenvalue weighted by Gasteiger charge is -2.34. The molecule has 0 bridgehead atoms. The van der Waals surface area contributed by atoms with Crippen molar-refractivity contribution in [2.75, 3.05) is 38.0 Å². The fourth-order valence-corrected chi connectivity index (χ4v) is 8.38. The third-order valence-corrected chi connectivity index (χ3v) is 12.3. The fraction of sp³-hybridized carbons (Fsp3) is 0.455. The van der Waals surface area contributed by atoms with E-state index in [0.717, 1.165) is 48.2 Å². The van der Waals surface area contributed by atoms with Crippen LogP contribution in [0.4, 0.5) is 11.4 Å². The number of carbonyl (C=O) groups is 6. The monoisotopic (exact) mass is 954 g/mol. The molecule has 0 amide bonds. The number of hydrogen-bond donors (Lipinski definition) is 1. The maximum Gasteiger partial charge on any atom is 0.338 e. The summed E-state index contributed by atoms with van der Waals surface area (Å²) < 4.78 is 16.6. The van der Waals surface area contributed by atoms with Gasteiger partial charge in [-0.15, -0.1) is 0 Å². The molecule has 368 valence electrons. The van der Waals surface area contributed by atoms with E-state index >= 15 is 0 Å². The van der Waals surface area contributed by atoms with Gasteiger partial charge in [0, 0.05) is 51.5 Å². The number of nitrogens with zero attached hydrogens (tertiary/aromatic N) is 2. The summed E-state index contributed by atoms with van der Waals surface area (Å²) in [4.78, 5) is 76.6.